The maximum absolute atomic E-state index is 5.43. The first-order chi connectivity index (χ1) is 10.3. The van der Waals surface area contributed by atoms with Crippen molar-refractivity contribution in [3.8, 4) is 13.1 Å². The van der Waals surface area contributed by atoms with Gasteiger partial charge in [-0.3, -0.25) is 4.90 Å². The van der Waals surface area contributed by atoms with Crippen molar-refractivity contribution in [1.29, 1.82) is 0 Å². The predicted molar refractivity (Wildman–Crippen MR) is 84.3 cm³/mol. The van der Waals surface area contributed by atoms with E-state index in [2.05, 4.69) is 14.6 Å². The molecule has 0 saturated carbocycles. The molecule has 0 aliphatic heterocycles. The van der Waals surface area contributed by atoms with E-state index in [1.165, 1.54) is 0 Å². The molecule has 0 rings (SSSR count). The van der Waals surface area contributed by atoms with Crippen molar-refractivity contribution in [3.05, 3.63) is 9.69 Å². The molecule has 0 amide bonds. The molecule has 0 unspecified atom stereocenters. The van der Waals surface area contributed by atoms with Crippen LogP contribution >= 0.6 is 0 Å². The average molecular weight is 300 g/mol. The fraction of sp³-hybridized carbons (Fsp3) is 0.857. The fourth-order valence-corrected chi connectivity index (χ4v) is 1.54. The van der Waals surface area contributed by atoms with Gasteiger partial charge in [0.2, 0.25) is 0 Å². The molecule has 0 aliphatic rings. The lowest BCUT2D eigenvalue weighted by atomic mass is 10.4. The normalized spacial score (nSPS) is 10.5. The van der Waals surface area contributed by atoms with Gasteiger partial charge < -0.3 is 19.9 Å². The summed E-state index contributed by atoms with van der Waals surface area (Å²) in [7, 11) is 0. The summed E-state index contributed by atoms with van der Waals surface area (Å²) in [4.78, 5) is 9.20. The minimum Gasteiger partial charge on any atom is -0.379 e. The molecule has 120 valence electrons. The summed E-state index contributed by atoms with van der Waals surface area (Å²) in [6.45, 7) is 17.7. The summed E-state index contributed by atoms with van der Waals surface area (Å²) >= 11 is 0. The van der Waals surface area contributed by atoms with E-state index in [1.807, 2.05) is 0 Å². The average Bonchev–Trinajstić information content (AvgIpc) is 2.50. The largest absolute Gasteiger partial charge is 0.379 e. The van der Waals surface area contributed by atoms with Crippen LogP contribution in [0.15, 0.2) is 0 Å². The SMILES string of the molecule is C#[N+]CCOCCN(CCOCCN)CCOCC[N+]#C. The van der Waals surface area contributed by atoms with E-state index in [9.17, 15) is 0 Å². The van der Waals surface area contributed by atoms with Gasteiger partial charge in [0.15, 0.2) is 0 Å². The minimum atomic E-state index is 0.519. The molecule has 0 saturated heterocycles. The zero-order valence-electron chi connectivity index (χ0n) is 12.8. The molecule has 7 nitrogen and oxygen atoms in total. The third-order valence-corrected chi connectivity index (χ3v) is 2.65. The van der Waals surface area contributed by atoms with E-state index >= 15 is 0 Å². The molecule has 0 fully saturated rings. The minimum absolute atomic E-state index is 0.519. The van der Waals surface area contributed by atoms with E-state index < -0.39 is 0 Å². The third kappa shape index (κ3) is 15.0. The topological polar surface area (TPSA) is 65.7 Å². The van der Waals surface area contributed by atoms with Crippen LogP contribution < -0.4 is 5.73 Å². The van der Waals surface area contributed by atoms with Crippen LogP contribution in [0.2, 0.25) is 0 Å². The van der Waals surface area contributed by atoms with Gasteiger partial charge in [0.25, 0.3) is 26.2 Å². The molecule has 0 bridgehead atoms. The summed E-state index contributed by atoms with van der Waals surface area (Å²) in [6, 6.07) is 0. The Hall–Kier alpha value is -1.22. The van der Waals surface area contributed by atoms with Crippen LogP contribution in [0.1, 0.15) is 0 Å². The van der Waals surface area contributed by atoms with Crippen LogP contribution in [0, 0.1) is 13.1 Å². The van der Waals surface area contributed by atoms with Crippen LogP contribution in [0.25, 0.3) is 9.69 Å². The molecule has 21 heavy (non-hydrogen) atoms. The van der Waals surface area contributed by atoms with Crippen LogP contribution in [-0.2, 0) is 14.2 Å². The Morgan fingerprint density at radius 3 is 1.52 bits per heavy atom. The molecule has 0 aromatic carbocycles. The van der Waals surface area contributed by atoms with Gasteiger partial charge in [-0.15, -0.1) is 0 Å². The van der Waals surface area contributed by atoms with Crippen LogP contribution in [-0.4, -0.2) is 83.8 Å². The molecule has 0 atom stereocenters. The molecular weight excluding hydrogens is 272 g/mol. The Bertz CT molecular complexity index is 278. The molecule has 2 N–H and O–H groups in total. The highest BCUT2D eigenvalue weighted by Crippen LogP contribution is 1.91. The van der Waals surface area contributed by atoms with Crippen molar-refractivity contribution < 1.29 is 14.2 Å². The summed E-state index contributed by atoms with van der Waals surface area (Å²) in [5, 5.41) is 0. The number of rotatable bonds is 15. The lowest BCUT2D eigenvalue weighted by molar-refractivity contribution is 0.0587. The molecule has 0 aromatic heterocycles. The Kier molecular flexibility index (Phi) is 15.9. The van der Waals surface area contributed by atoms with Gasteiger partial charge >= 0.3 is 0 Å². The first kappa shape index (κ1) is 19.8. The maximum Gasteiger partial charge on any atom is 0.286 e. The molecule has 0 aliphatic carbocycles. The summed E-state index contributed by atoms with van der Waals surface area (Å²) in [5.74, 6) is 0. The third-order valence-electron chi connectivity index (χ3n) is 2.65. The maximum atomic E-state index is 5.43. The molecule has 0 aromatic rings. The number of ether oxygens (including phenoxy) is 3. The monoisotopic (exact) mass is 300 g/mol. The van der Waals surface area contributed by atoms with E-state index in [1.54, 1.807) is 0 Å². The molecule has 0 radical (unpaired) electrons. The summed E-state index contributed by atoms with van der Waals surface area (Å²) in [6.07, 6.45) is 0. The number of hydrogen-bond donors (Lipinski definition) is 1. The quantitative estimate of drug-likeness (QED) is 0.438. The number of hydrogen-bond acceptors (Lipinski definition) is 5. The number of nitrogens with zero attached hydrogens (tertiary/aromatic N) is 3. The van der Waals surface area contributed by atoms with Crippen molar-refractivity contribution in [3.63, 3.8) is 0 Å². The molecular formula is C14H28N4O3+2. The van der Waals surface area contributed by atoms with Gasteiger partial charge in [-0.2, -0.15) is 0 Å². The van der Waals surface area contributed by atoms with Gasteiger partial charge in [0.05, 0.1) is 26.4 Å². The van der Waals surface area contributed by atoms with E-state index in [-0.39, 0.29) is 0 Å². The molecule has 0 spiro atoms. The lowest BCUT2D eigenvalue weighted by Gasteiger charge is -2.21. The first-order valence-corrected chi connectivity index (χ1v) is 7.24. The highest BCUT2D eigenvalue weighted by atomic mass is 16.5. The van der Waals surface area contributed by atoms with Crippen molar-refractivity contribution >= 4 is 0 Å². The molecule has 0 heterocycles. The van der Waals surface area contributed by atoms with E-state index in [0.29, 0.717) is 59.3 Å². The summed E-state index contributed by atoms with van der Waals surface area (Å²) in [5.41, 5.74) is 5.38. The van der Waals surface area contributed by atoms with Crippen molar-refractivity contribution in [2.75, 3.05) is 78.9 Å². The summed E-state index contributed by atoms with van der Waals surface area (Å²) < 4.78 is 16.2. The van der Waals surface area contributed by atoms with Crippen molar-refractivity contribution in [1.82, 2.24) is 4.90 Å². The van der Waals surface area contributed by atoms with Crippen LogP contribution in [0.5, 0.6) is 0 Å². The second-order valence-corrected chi connectivity index (χ2v) is 4.28. The van der Waals surface area contributed by atoms with Gasteiger partial charge in [-0.1, -0.05) is 9.69 Å². The molecule has 7 heteroatoms. The van der Waals surface area contributed by atoms with E-state index in [0.717, 1.165) is 19.6 Å². The smallest absolute Gasteiger partial charge is 0.286 e. The highest BCUT2D eigenvalue weighted by Gasteiger charge is 2.06. The second kappa shape index (κ2) is 16.8. The lowest BCUT2D eigenvalue weighted by Crippen LogP contribution is -2.34. The van der Waals surface area contributed by atoms with Gasteiger partial charge in [0, 0.05) is 26.2 Å². The van der Waals surface area contributed by atoms with Gasteiger partial charge in [0.1, 0.15) is 13.2 Å². The Balaban J connectivity index is 3.75. The predicted octanol–water partition coefficient (Wildman–Crippen LogP) is 0.222. The zero-order valence-corrected chi connectivity index (χ0v) is 12.8. The number of nitrogens with two attached hydrogens (primary N) is 1. The van der Waals surface area contributed by atoms with Crippen LogP contribution in [0.4, 0.5) is 0 Å². The Morgan fingerprint density at radius 1 is 0.714 bits per heavy atom. The van der Waals surface area contributed by atoms with Gasteiger partial charge in [-0.25, -0.2) is 0 Å². The zero-order chi connectivity index (χ0) is 15.6. The van der Waals surface area contributed by atoms with Crippen molar-refractivity contribution in [2.45, 2.75) is 0 Å². The van der Waals surface area contributed by atoms with Gasteiger partial charge in [-0.05, 0) is 0 Å². The Morgan fingerprint density at radius 2 is 1.14 bits per heavy atom. The van der Waals surface area contributed by atoms with E-state index in [4.69, 9.17) is 33.1 Å². The van der Waals surface area contributed by atoms with Crippen molar-refractivity contribution in [2.24, 2.45) is 5.73 Å². The van der Waals surface area contributed by atoms with Crippen LogP contribution in [0.3, 0.4) is 0 Å². The highest BCUT2D eigenvalue weighted by molar-refractivity contribution is 4.65. The second-order valence-electron chi connectivity index (χ2n) is 4.28. The fourth-order valence-electron chi connectivity index (χ4n) is 1.54. The standard InChI is InChI=1S/C14H28N4O3/c1-16-4-10-20-13-7-18(6-12-19-9-3-15)8-14-21-11-5-17-2/h1-2H,3-15H2/q+2. The Labute approximate surface area is 127 Å². The first-order valence-electron chi connectivity index (χ1n) is 7.24.